The Morgan fingerprint density at radius 3 is 2.76 bits per heavy atom. The average Bonchev–Trinajstić information content (AvgIpc) is 3.37. The largest absolute Gasteiger partial charge is 0.493 e. The van der Waals surface area contributed by atoms with Crippen molar-refractivity contribution in [2.75, 3.05) is 7.11 Å². The number of carbonyl (C=O) groups excluding carboxylic acids is 1. The third kappa shape index (κ3) is 5.53. The van der Waals surface area contributed by atoms with E-state index < -0.39 is 12.6 Å². The maximum absolute atomic E-state index is 12.5. The maximum Gasteiger partial charge on any atom is 0.387 e. The second kappa shape index (κ2) is 9.78. The van der Waals surface area contributed by atoms with Gasteiger partial charge in [-0.2, -0.15) is 8.78 Å². The highest BCUT2D eigenvalue weighted by atomic mass is 32.1. The van der Waals surface area contributed by atoms with E-state index in [0.717, 1.165) is 10.7 Å². The summed E-state index contributed by atoms with van der Waals surface area (Å²) in [6.45, 7) is -0.737. The molecule has 2 aromatic carbocycles. The number of hydrogen-bond acceptors (Lipinski definition) is 8. The Morgan fingerprint density at radius 2 is 2.03 bits per heavy atom. The van der Waals surface area contributed by atoms with E-state index in [1.807, 2.05) is 12.3 Å². The van der Waals surface area contributed by atoms with Crippen LogP contribution in [0.15, 0.2) is 58.5 Å². The molecule has 0 fully saturated rings. The molecule has 33 heavy (non-hydrogen) atoms. The van der Waals surface area contributed by atoms with E-state index in [1.165, 1.54) is 31.4 Å². The molecule has 0 amide bonds. The van der Waals surface area contributed by atoms with Gasteiger partial charge in [0.2, 0.25) is 5.90 Å². The van der Waals surface area contributed by atoms with E-state index in [0.29, 0.717) is 29.2 Å². The van der Waals surface area contributed by atoms with E-state index in [9.17, 15) is 13.6 Å². The number of aryl methyl sites for hydroxylation is 1. The van der Waals surface area contributed by atoms with Crippen molar-refractivity contribution in [2.45, 2.75) is 20.1 Å². The molecule has 0 unspecified atom stereocenters. The van der Waals surface area contributed by atoms with E-state index in [4.69, 9.17) is 14.2 Å². The van der Waals surface area contributed by atoms with Crippen LogP contribution in [0, 0.1) is 6.92 Å². The van der Waals surface area contributed by atoms with Gasteiger partial charge < -0.3 is 18.9 Å². The first-order valence-electron chi connectivity index (χ1n) is 9.71. The van der Waals surface area contributed by atoms with Crippen LogP contribution in [0.5, 0.6) is 17.2 Å². The minimum absolute atomic E-state index is 0.00330. The number of nitrogens with zero attached hydrogens (tertiary/aromatic N) is 2. The standard InChI is InChI=1S/C23H18F2N2O5S/c1-13-26-16(12-33-13)11-30-19-7-6-14(9-20(19)29-2)8-18-22(28)32-21(27-18)15-4-3-5-17(10-15)31-23(24)25/h3-10,12,23H,11H2,1-2H3/b18-8+. The Morgan fingerprint density at radius 1 is 1.18 bits per heavy atom. The summed E-state index contributed by atoms with van der Waals surface area (Å²) in [7, 11) is 1.51. The number of methoxy groups -OCH3 is 1. The lowest BCUT2D eigenvalue weighted by atomic mass is 10.1. The number of rotatable bonds is 8. The van der Waals surface area contributed by atoms with Gasteiger partial charge in [0.05, 0.1) is 17.8 Å². The first-order chi connectivity index (χ1) is 15.9. The fourth-order valence-electron chi connectivity index (χ4n) is 3.02. The number of halogens is 2. The van der Waals surface area contributed by atoms with Gasteiger partial charge in [-0.15, -0.1) is 11.3 Å². The SMILES string of the molecule is COc1cc(/C=C2/N=C(c3cccc(OC(F)F)c3)OC2=O)ccc1OCc1csc(C)n1. The smallest absolute Gasteiger partial charge is 0.387 e. The lowest BCUT2D eigenvalue weighted by molar-refractivity contribution is -0.129. The summed E-state index contributed by atoms with van der Waals surface area (Å²) < 4.78 is 45.7. The lowest BCUT2D eigenvalue weighted by Crippen LogP contribution is -2.07. The predicted molar refractivity (Wildman–Crippen MR) is 118 cm³/mol. The Balaban J connectivity index is 1.53. The Hall–Kier alpha value is -3.79. The van der Waals surface area contributed by atoms with Crippen LogP contribution < -0.4 is 14.2 Å². The molecule has 7 nitrogen and oxygen atoms in total. The third-order valence-electron chi connectivity index (χ3n) is 4.46. The van der Waals surface area contributed by atoms with E-state index in [1.54, 1.807) is 35.6 Å². The summed E-state index contributed by atoms with van der Waals surface area (Å²) in [5.41, 5.74) is 1.85. The number of alkyl halides is 2. The van der Waals surface area contributed by atoms with Crippen LogP contribution in [-0.2, 0) is 16.1 Å². The van der Waals surface area contributed by atoms with Crippen molar-refractivity contribution in [3.8, 4) is 17.2 Å². The highest BCUT2D eigenvalue weighted by Gasteiger charge is 2.25. The lowest BCUT2D eigenvalue weighted by Gasteiger charge is -2.10. The average molecular weight is 472 g/mol. The number of aromatic nitrogens is 1. The number of esters is 1. The van der Waals surface area contributed by atoms with Crippen molar-refractivity contribution in [2.24, 2.45) is 4.99 Å². The molecule has 10 heteroatoms. The maximum atomic E-state index is 12.5. The van der Waals surface area contributed by atoms with Crippen molar-refractivity contribution in [3.63, 3.8) is 0 Å². The molecule has 1 aromatic heterocycles. The van der Waals surface area contributed by atoms with Crippen LogP contribution >= 0.6 is 11.3 Å². The van der Waals surface area contributed by atoms with Gasteiger partial charge in [-0.05, 0) is 48.9 Å². The van der Waals surface area contributed by atoms with Gasteiger partial charge in [0.1, 0.15) is 12.4 Å². The van der Waals surface area contributed by atoms with Gasteiger partial charge in [0.25, 0.3) is 0 Å². The zero-order valence-electron chi connectivity index (χ0n) is 17.6. The van der Waals surface area contributed by atoms with Crippen LogP contribution in [0.4, 0.5) is 8.78 Å². The van der Waals surface area contributed by atoms with Gasteiger partial charge in [-0.3, -0.25) is 0 Å². The number of thiazole rings is 1. The minimum atomic E-state index is -2.96. The van der Waals surface area contributed by atoms with Crippen LogP contribution in [-0.4, -0.2) is 30.6 Å². The highest BCUT2D eigenvalue weighted by molar-refractivity contribution is 7.09. The second-order valence-corrected chi connectivity index (χ2v) is 7.86. The summed E-state index contributed by atoms with van der Waals surface area (Å²) in [5.74, 6) is 0.273. The molecule has 0 spiro atoms. The zero-order chi connectivity index (χ0) is 23.4. The van der Waals surface area contributed by atoms with Crippen molar-refractivity contribution < 1.29 is 32.5 Å². The van der Waals surface area contributed by atoms with Crippen LogP contribution in [0.25, 0.3) is 6.08 Å². The minimum Gasteiger partial charge on any atom is -0.493 e. The molecule has 0 N–H and O–H groups in total. The second-order valence-electron chi connectivity index (χ2n) is 6.80. The summed E-state index contributed by atoms with van der Waals surface area (Å²) in [6, 6.07) is 10.9. The highest BCUT2D eigenvalue weighted by Crippen LogP contribution is 2.31. The number of carbonyl (C=O) groups is 1. The first kappa shape index (κ1) is 22.4. The van der Waals surface area contributed by atoms with Crippen LogP contribution in [0.1, 0.15) is 21.8 Å². The number of cyclic esters (lactones) is 1. The fourth-order valence-corrected chi connectivity index (χ4v) is 3.61. The Bertz CT molecular complexity index is 1240. The van der Waals surface area contributed by atoms with Crippen molar-refractivity contribution in [1.29, 1.82) is 0 Å². The topological polar surface area (TPSA) is 79.2 Å². The summed E-state index contributed by atoms with van der Waals surface area (Å²) in [6.07, 6.45) is 1.53. The van der Waals surface area contributed by atoms with E-state index in [2.05, 4.69) is 14.7 Å². The van der Waals surface area contributed by atoms with Crippen molar-refractivity contribution in [1.82, 2.24) is 4.98 Å². The zero-order valence-corrected chi connectivity index (χ0v) is 18.4. The predicted octanol–water partition coefficient (Wildman–Crippen LogP) is 4.99. The van der Waals surface area contributed by atoms with E-state index >= 15 is 0 Å². The normalized spacial score (nSPS) is 14.4. The first-order valence-corrected chi connectivity index (χ1v) is 10.6. The van der Waals surface area contributed by atoms with Crippen LogP contribution in [0.3, 0.4) is 0 Å². The monoisotopic (exact) mass is 472 g/mol. The van der Waals surface area contributed by atoms with Crippen molar-refractivity contribution in [3.05, 3.63) is 75.4 Å². The van der Waals surface area contributed by atoms with E-state index in [-0.39, 0.29) is 17.3 Å². The summed E-state index contributed by atoms with van der Waals surface area (Å²) in [4.78, 5) is 20.8. The summed E-state index contributed by atoms with van der Waals surface area (Å²) in [5, 5.41) is 2.89. The van der Waals surface area contributed by atoms with Gasteiger partial charge in [-0.1, -0.05) is 12.1 Å². The third-order valence-corrected chi connectivity index (χ3v) is 5.28. The molecule has 2 heterocycles. The molecule has 4 rings (SSSR count). The molecule has 0 saturated heterocycles. The quantitative estimate of drug-likeness (QED) is 0.340. The molecular weight excluding hydrogens is 454 g/mol. The van der Waals surface area contributed by atoms with Gasteiger partial charge >= 0.3 is 12.6 Å². The van der Waals surface area contributed by atoms with Gasteiger partial charge in [0.15, 0.2) is 17.2 Å². The molecule has 0 bridgehead atoms. The summed E-state index contributed by atoms with van der Waals surface area (Å²) >= 11 is 1.54. The van der Waals surface area contributed by atoms with Crippen LogP contribution in [0.2, 0.25) is 0 Å². The Kier molecular flexibility index (Phi) is 6.64. The number of hydrogen-bond donors (Lipinski definition) is 0. The van der Waals surface area contributed by atoms with Gasteiger partial charge in [0, 0.05) is 10.9 Å². The number of aliphatic imine (C=N–C) groups is 1. The molecule has 0 radical (unpaired) electrons. The fraction of sp³-hybridized carbons (Fsp3) is 0.174. The Labute approximate surface area is 191 Å². The van der Waals surface area contributed by atoms with Crippen molar-refractivity contribution >= 4 is 29.3 Å². The number of ether oxygens (including phenoxy) is 4. The molecule has 0 aliphatic carbocycles. The molecule has 0 atom stereocenters. The molecule has 0 saturated carbocycles. The van der Waals surface area contributed by atoms with Gasteiger partial charge in [-0.25, -0.2) is 14.8 Å². The number of benzene rings is 2. The molecule has 1 aliphatic rings. The molecular formula is C23H18F2N2O5S. The molecule has 1 aliphatic heterocycles. The molecule has 170 valence electrons. The molecule has 3 aromatic rings.